The zero-order valence-electron chi connectivity index (χ0n) is 29.1. The van der Waals surface area contributed by atoms with E-state index in [0.29, 0.717) is 0 Å². The Balaban J connectivity index is 1.09. The van der Waals surface area contributed by atoms with Gasteiger partial charge in [0.05, 0.1) is 5.39 Å². The van der Waals surface area contributed by atoms with Crippen molar-refractivity contribution in [3.05, 3.63) is 182 Å². The van der Waals surface area contributed by atoms with E-state index in [1.807, 2.05) is 12.1 Å². The second kappa shape index (κ2) is 11.2. The lowest BCUT2D eigenvalue weighted by molar-refractivity contribution is 0.663. The van der Waals surface area contributed by atoms with Crippen LogP contribution in [-0.4, -0.2) is 0 Å². The lowest BCUT2D eigenvalue weighted by Crippen LogP contribution is -1.93. The summed E-state index contributed by atoms with van der Waals surface area (Å²) >= 11 is 0. The van der Waals surface area contributed by atoms with Gasteiger partial charge in [-0.05, 0) is 107 Å². The normalized spacial score (nSPS) is 12.1. The highest BCUT2D eigenvalue weighted by Gasteiger charge is 2.21. The van der Waals surface area contributed by atoms with Crippen molar-refractivity contribution in [2.45, 2.75) is 0 Å². The topological polar surface area (TPSA) is 26.3 Å². The van der Waals surface area contributed by atoms with Crippen LogP contribution in [0.15, 0.2) is 191 Å². The Morgan fingerprint density at radius 3 is 1.54 bits per heavy atom. The van der Waals surface area contributed by atoms with Crippen LogP contribution in [0, 0.1) is 0 Å². The average Bonchev–Trinajstić information content (AvgIpc) is 3.80. The van der Waals surface area contributed by atoms with E-state index in [1.54, 1.807) is 0 Å². The van der Waals surface area contributed by atoms with Crippen molar-refractivity contribution in [2.24, 2.45) is 0 Å². The number of hydrogen-bond acceptors (Lipinski definition) is 2. The Kier molecular flexibility index (Phi) is 6.09. The van der Waals surface area contributed by atoms with Crippen molar-refractivity contribution in [1.82, 2.24) is 0 Å². The Bertz CT molecular complexity index is 3440. The van der Waals surface area contributed by atoms with Gasteiger partial charge >= 0.3 is 0 Å². The molecule has 0 bridgehead atoms. The predicted molar refractivity (Wildman–Crippen MR) is 227 cm³/mol. The van der Waals surface area contributed by atoms with Gasteiger partial charge < -0.3 is 8.83 Å². The molecule has 0 saturated heterocycles. The van der Waals surface area contributed by atoms with Gasteiger partial charge in [-0.25, -0.2) is 0 Å². The monoisotopic (exact) mass is 686 g/mol. The highest BCUT2D eigenvalue weighted by molar-refractivity contribution is 6.26. The summed E-state index contributed by atoms with van der Waals surface area (Å²) in [4.78, 5) is 0. The predicted octanol–water partition coefficient (Wildman–Crippen LogP) is 15.1. The summed E-state index contributed by atoms with van der Waals surface area (Å²) in [7, 11) is 0. The molecule has 0 unspecified atom stereocenters. The van der Waals surface area contributed by atoms with Crippen LogP contribution in [0.5, 0.6) is 0 Å². The second-order valence-corrected chi connectivity index (χ2v) is 14.3. The van der Waals surface area contributed by atoms with Crippen molar-refractivity contribution in [3.8, 4) is 33.4 Å². The van der Waals surface area contributed by atoms with Gasteiger partial charge in [0.25, 0.3) is 0 Å². The van der Waals surface area contributed by atoms with Crippen LogP contribution >= 0.6 is 0 Å². The van der Waals surface area contributed by atoms with Gasteiger partial charge in [-0.3, -0.25) is 0 Å². The Morgan fingerprint density at radius 1 is 0.278 bits per heavy atom. The first-order valence-corrected chi connectivity index (χ1v) is 18.5. The van der Waals surface area contributed by atoms with Crippen LogP contribution in [0.2, 0.25) is 0 Å². The molecule has 0 aliphatic carbocycles. The zero-order chi connectivity index (χ0) is 35.3. The summed E-state index contributed by atoms with van der Waals surface area (Å²) in [6.07, 6.45) is 0. The first kappa shape index (κ1) is 29.4. The molecule has 0 amide bonds. The third-order valence-electron chi connectivity index (χ3n) is 11.5. The van der Waals surface area contributed by atoms with Crippen LogP contribution in [0.3, 0.4) is 0 Å². The average molecular weight is 687 g/mol. The summed E-state index contributed by atoms with van der Waals surface area (Å²) in [5, 5.41) is 14.3. The van der Waals surface area contributed by atoms with Crippen molar-refractivity contribution >= 4 is 87.0 Å². The molecular formula is C52H30O2. The summed E-state index contributed by atoms with van der Waals surface area (Å²) < 4.78 is 12.9. The molecule has 0 radical (unpaired) electrons. The largest absolute Gasteiger partial charge is 0.456 e. The summed E-state index contributed by atoms with van der Waals surface area (Å²) in [6.45, 7) is 0. The van der Waals surface area contributed by atoms with E-state index >= 15 is 0 Å². The van der Waals surface area contributed by atoms with E-state index in [-0.39, 0.29) is 0 Å². The van der Waals surface area contributed by atoms with E-state index in [0.717, 1.165) is 49.4 Å². The standard InChI is InChI=1S/C52H30O2/c1-2-14-33-31(12-1)13-11-22-38(33)49-39-17-5-7-19-41(39)50(42-20-8-6-18-40(42)49)43-27-26-34(35-15-3-4-16-36(35)43)32-24-25-37-44-28-29-47-51(52(44)54-48(37)30-32)45-21-9-10-23-46(45)53-47/h1-30H. The minimum absolute atomic E-state index is 0.842. The van der Waals surface area contributed by atoms with Gasteiger partial charge in [-0.1, -0.05) is 152 Å². The van der Waals surface area contributed by atoms with Crippen LogP contribution in [-0.2, 0) is 0 Å². The van der Waals surface area contributed by atoms with Gasteiger partial charge in [0.15, 0.2) is 0 Å². The maximum atomic E-state index is 6.71. The SMILES string of the molecule is c1ccc2c(-c3c4ccccc4c(-c4ccc(-c5ccc6c(c5)oc5c6ccc6oc7ccccc7c65)c5ccccc45)c4ccccc34)cccc2c1. The van der Waals surface area contributed by atoms with Crippen molar-refractivity contribution in [3.63, 3.8) is 0 Å². The maximum Gasteiger partial charge on any atom is 0.147 e. The quantitative estimate of drug-likeness (QED) is 0.173. The van der Waals surface area contributed by atoms with Gasteiger partial charge in [0.1, 0.15) is 22.3 Å². The minimum atomic E-state index is 0.842. The highest BCUT2D eigenvalue weighted by Crippen LogP contribution is 2.48. The maximum absolute atomic E-state index is 6.71. The molecule has 54 heavy (non-hydrogen) atoms. The van der Waals surface area contributed by atoms with E-state index in [9.17, 15) is 0 Å². The fraction of sp³-hybridized carbons (Fsp3) is 0. The Labute approximate surface area is 310 Å². The first-order chi connectivity index (χ1) is 26.8. The fourth-order valence-electron chi connectivity index (χ4n) is 9.13. The summed E-state index contributed by atoms with van der Waals surface area (Å²) in [5.41, 5.74) is 10.8. The van der Waals surface area contributed by atoms with Crippen molar-refractivity contribution < 1.29 is 8.83 Å². The Morgan fingerprint density at radius 2 is 0.815 bits per heavy atom. The van der Waals surface area contributed by atoms with Crippen molar-refractivity contribution in [1.29, 1.82) is 0 Å². The van der Waals surface area contributed by atoms with Gasteiger partial charge in [0, 0.05) is 16.2 Å². The molecule has 12 rings (SSSR count). The number of furan rings is 2. The molecule has 0 fully saturated rings. The molecule has 2 aromatic heterocycles. The molecule has 0 N–H and O–H groups in total. The number of fused-ring (bicyclic) bond motifs is 11. The zero-order valence-corrected chi connectivity index (χ0v) is 29.1. The van der Waals surface area contributed by atoms with Crippen molar-refractivity contribution in [2.75, 3.05) is 0 Å². The molecule has 2 heteroatoms. The van der Waals surface area contributed by atoms with E-state index in [4.69, 9.17) is 8.83 Å². The lowest BCUT2D eigenvalue weighted by Gasteiger charge is -2.20. The van der Waals surface area contributed by atoms with E-state index in [1.165, 1.54) is 70.9 Å². The third-order valence-corrected chi connectivity index (χ3v) is 11.5. The molecular weight excluding hydrogens is 657 g/mol. The molecule has 12 aromatic rings. The number of rotatable bonds is 3. The lowest BCUT2D eigenvalue weighted by atomic mass is 9.83. The molecule has 0 atom stereocenters. The molecule has 250 valence electrons. The van der Waals surface area contributed by atoms with Gasteiger partial charge in [-0.2, -0.15) is 0 Å². The molecule has 0 saturated carbocycles. The number of benzene rings is 10. The van der Waals surface area contributed by atoms with Crippen LogP contribution in [0.4, 0.5) is 0 Å². The minimum Gasteiger partial charge on any atom is -0.456 e. The summed E-state index contributed by atoms with van der Waals surface area (Å²) in [6, 6.07) is 65.7. The third kappa shape index (κ3) is 4.11. The molecule has 0 aliphatic heterocycles. The molecule has 0 spiro atoms. The Hall–Kier alpha value is -7.16. The molecule has 2 heterocycles. The molecule has 0 aliphatic rings. The van der Waals surface area contributed by atoms with E-state index < -0.39 is 0 Å². The van der Waals surface area contributed by atoms with Gasteiger partial charge in [-0.15, -0.1) is 0 Å². The first-order valence-electron chi connectivity index (χ1n) is 18.5. The molecule has 2 nitrogen and oxygen atoms in total. The number of hydrogen-bond donors (Lipinski definition) is 0. The van der Waals surface area contributed by atoms with E-state index in [2.05, 4.69) is 170 Å². The highest BCUT2D eigenvalue weighted by atomic mass is 16.3. The van der Waals surface area contributed by atoms with Gasteiger partial charge in [0.2, 0.25) is 0 Å². The molecule has 10 aromatic carbocycles. The van der Waals surface area contributed by atoms with Crippen LogP contribution < -0.4 is 0 Å². The fourth-order valence-corrected chi connectivity index (χ4v) is 9.13. The summed E-state index contributed by atoms with van der Waals surface area (Å²) in [5.74, 6) is 0. The smallest absolute Gasteiger partial charge is 0.147 e. The van der Waals surface area contributed by atoms with Crippen LogP contribution in [0.25, 0.3) is 120 Å². The number of para-hydroxylation sites is 1. The second-order valence-electron chi connectivity index (χ2n) is 14.3. The van der Waals surface area contributed by atoms with Crippen LogP contribution in [0.1, 0.15) is 0 Å².